The van der Waals surface area contributed by atoms with E-state index >= 15 is 0 Å². The molecular weight excluding hydrogens is 291 g/mol. The van der Waals surface area contributed by atoms with E-state index in [9.17, 15) is 4.79 Å². The predicted octanol–water partition coefficient (Wildman–Crippen LogP) is 2.61. The molecule has 0 aromatic heterocycles. The van der Waals surface area contributed by atoms with Crippen LogP contribution in [0.3, 0.4) is 0 Å². The molecule has 3 nitrogen and oxygen atoms in total. The van der Waals surface area contributed by atoms with Crippen molar-refractivity contribution in [3.05, 3.63) is 33.8 Å². The molecule has 98 valence electrons. The fourth-order valence-corrected chi connectivity index (χ4v) is 3.20. The van der Waals surface area contributed by atoms with Gasteiger partial charge in [-0.05, 0) is 17.7 Å². The molecule has 18 heavy (non-hydrogen) atoms. The average Bonchev–Trinajstić information content (AvgIpc) is 2.85. The monoisotopic (exact) mass is 304 g/mol. The molecule has 1 N–H and O–H groups in total. The first-order chi connectivity index (χ1) is 8.58. The standard InChI is InChI=1S/C12H14Cl2N2OS/c1-16(12(17)11-6-18-7-15-11)5-8-2-3-9(13)4-10(8)14/h2-4,11,15H,5-7H2,1H3. The lowest BCUT2D eigenvalue weighted by atomic mass is 10.2. The molecule has 1 aliphatic heterocycles. The third kappa shape index (κ3) is 3.32. The van der Waals surface area contributed by atoms with Crippen molar-refractivity contribution in [1.29, 1.82) is 0 Å². The van der Waals surface area contributed by atoms with Gasteiger partial charge in [-0.15, -0.1) is 11.8 Å². The lowest BCUT2D eigenvalue weighted by molar-refractivity contribution is -0.131. The molecule has 0 bridgehead atoms. The summed E-state index contributed by atoms with van der Waals surface area (Å²) >= 11 is 13.7. The highest BCUT2D eigenvalue weighted by Gasteiger charge is 2.25. The summed E-state index contributed by atoms with van der Waals surface area (Å²) in [5.41, 5.74) is 0.905. The molecule has 1 aromatic rings. The Morgan fingerprint density at radius 2 is 2.33 bits per heavy atom. The van der Waals surface area contributed by atoms with Gasteiger partial charge in [-0.3, -0.25) is 10.1 Å². The van der Waals surface area contributed by atoms with Crippen LogP contribution in [0.5, 0.6) is 0 Å². The summed E-state index contributed by atoms with van der Waals surface area (Å²) in [6, 6.07) is 5.25. The van der Waals surface area contributed by atoms with E-state index in [4.69, 9.17) is 23.2 Å². The normalized spacial score (nSPS) is 18.9. The van der Waals surface area contributed by atoms with Crippen molar-refractivity contribution in [3.63, 3.8) is 0 Å². The van der Waals surface area contributed by atoms with Gasteiger partial charge in [-0.25, -0.2) is 0 Å². The minimum absolute atomic E-state index is 0.0777. The Bertz CT molecular complexity index is 450. The Morgan fingerprint density at radius 3 is 2.94 bits per heavy atom. The van der Waals surface area contributed by atoms with Gasteiger partial charge in [0.15, 0.2) is 0 Å². The Balaban J connectivity index is 2.01. The maximum atomic E-state index is 12.1. The molecule has 1 unspecified atom stereocenters. The second kappa shape index (κ2) is 6.15. The largest absolute Gasteiger partial charge is 0.340 e. The van der Waals surface area contributed by atoms with Crippen molar-refractivity contribution in [2.75, 3.05) is 18.7 Å². The van der Waals surface area contributed by atoms with Crippen LogP contribution in [0.4, 0.5) is 0 Å². The zero-order chi connectivity index (χ0) is 13.1. The van der Waals surface area contributed by atoms with E-state index < -0.39 is 0 Å². The fraction of sp³-hybridized carbons (Fsp3) is 0.417. The van der Waals surface area contributed by atoms with Crippen LogP contribution in [0.2, 0.25) is 10.0 Å². The Hall–Kier alpha value is -0.420. The molecule has 1 fully saturated rings. The second-order valence-corrected chi connectivity index (χ2v) is 6.08. The minimum atomic E-state index is -0.0777. The lowest BCUT2D eigenvalue weighted by Crippen LogP contribution is -2.42. The van der Waals surface area contributed by atoms with Gasteiger partial charge in [0.1, 0.15) is 0 Å². The van der Waals surface area contributed by atoms with Gasteiger partial charge in [0.05, 0.1) is 6.04 Å². The number of nitrogens with zero attached hydrogens (tertiary/aromatic N) is 1. The number of carbonyl (C=O) groups is 1. The smallest absolute Gasteiger partial charge is 0.240 e. The number of benzene rings is 1. The highest BCUT2D eigenvalue weighted by Crippen LogP contribution is 2.22. The van der Waals surface area contributed by atoms with Crippen LogP contribution in [0.15, 0.2) is 18.2 Å². The topological polar surface area (TPSA) is 32.3 Å². The number of rotatable bonds is 3. The van der Waals surface area contributed by atoms with Gasteiger partial charge in [-0.1, -0.05) is 29.3 Å². The molecule has 1 heterocycles. The van der Waals surface area contributed by atoms with E-state index in [1.807, 2.05) is 6.07 Å². The van der Waals surface area contributed by atoms with E-state index in [2.05, 4.69) is 5.32 Å². The average molecular weight is 305 g/mol. The number of thioether (sulfide) groups is 1. The summed E-state index contributed by atoms with van der Waals surface area (Å²) in [4.78, 5) is 13.8. The van der Waals surface area contributed by atoms with Gasteiger partial charge in [0, 0.05) is 35.3 Å². The maximum absolute atomic E-state index is 12.1. The highest BCUT2D eigenvalue weighted by molar-refractivity contribution is 7.99. The summed E-state index contributed by atoms with van der Waals surface area (Å²) in [6.45, 7) is 0.498. The molecular formula is C12H14Cl2N2OS. The summed E-state index contributed by atoms with van der Waals surface area (Å²) in [5, 5.41) is 4.36. The first kappa shape index (κ1) is 14.0. The van der Waals surface area contributed by atoms with Gasteiger partial charge in [0.2, 0.25) is 5.91 Å². The van der Waals surface area contributed by atoms with Gasteiger partial charge < -0.3 is 4.90 Å². The fourth-order valence-electron chi connectivity index (χ4n) is 1.80. The lowest BCUT2D eigenvalue weighted by Gasteiger charge is -2.21. The molecule has 2 rings (SSSR count). The molecule has 0 spiro atoms. The molecule has 0 saturated carbocycles. The number of halogens is 2. The molecule has 1 atom stereocenters. The van der Waals surface area contributed by atoms with Gasteiger partial charge >= 0.3 is 0 Å². The number of hydrogen-bond donors (Lipinski definition) is 1. The molecule has 0 aliphatic carbocycles. The van der Waals surface area contributed by atoms with E-state index in [1.165, 1.54) is 0 Å². The highest BCUT2D eigenvalue weighted by atomic mass is 35.5. The van der Waals surface area contributed by atoms with Crippen molar-refractivity contribution < 1.29 is 4.79 Å². The van der Waals surface area contributed by atoms with Crippen LogP contribution in [-0.4, -0.2) is 35.5 Å². The summed E-state index contributed by atoms with van der Waals surface area (Å²) in [6.07, 6.45) is 0. The number of carbonyl (C=O) groups excluding carboxylic acids is 1. The van der Waals surface area contributed by atoms with Crippen LogP contribution in [0.1, 0.15) is 5.56 Å². The minimum Gasteiger partial charge on any atom is -0.340 e. The predicted molar refractivity (Wildman–Crippen MR) is 77.2 cm³/mol. The van der Waals surface area contributed by atoms with Crippen LogP contribution in [0.25, 0.3) is 0 Å². The molecule has 0 radical (unpaired) electrons. The molecule has 1 amide bonds. The number of nitrogens with one attached hydrogen (secondary N) is 1. The number of amides is 1. The Labute approximate surface area is 121 Å². The van der Waals surface area contributed by atoms with Crippen molar-refractivity contribution in [1.82, 2.24) is 10.2 Å². The molecule has 6 heteroatoms. The summed E-state index contributed by atoms with van der Waals surface area (Å²) in [7, 11) is 1.79. The first-order valence-corrected chi connectivity index (χ1v) is 7.49. The first-order valence-electron chi connectivity index (χ1n) is 5.58. The zero-order valence-corrected chi connectivity index (χ0v) is 12.3. The third-order valence-corrected chi connectivity index (χ3v) is 4.34. The number of hydrogen-bond acceptors (Lipinski definition) is 3. The summed E-state index contributed by atoms with van der Waals surface area (Å²) < 4.78 is 0. The SMILES string of the molecule is CN(Cc1ccc(Cl)cc1Cl)C(=O)C1CSCN1. The van der Waals surface area contributed by atoms with Crippen LogP contribution >= 0.6 is 35.0 Å². The van der Waals surface area contributed by atoms with Crippen molar-refractivity contribution >= 4 is 40.9 Å². The van der Waals surface area contributed by atoms with Crippen molar-refractivity contribution in [2.24, 2.45) is 0 Å². The van der Waals surface area contributed by atoms with Gasteiger partial charge in [-0.2, -0.15) is 0 Å². The molecule has 1 saturated heterocycles. The van der Waals surface area contributed by atoms with E-state index in [0.717, 1.165) is 17.2 Å². The van der Waals surface area contributed by atoms with Crippen LogP contribution < -0.4 is 5.32 Å². The van der Waals surface area contributed by atoms with Gasteiger partial charge in [0.25, 0.3) is 0 Å². The third-order valence-electron chi connectivity index (χ3n) is 2.81. The van der Waals surface area contributed by atoms with Crippen LogP contribution in [0, 0.1) is 0 Å². The van der Waals surface area contributed by atoms with E-state index in [1.54, 1.807) is 35.8 Å². The van der Waals surface area contributed by atoms with Crippen molar-refractivity contribution in [3.8, 4) is 0 Å². The van der Waals surface area contributed by atoms with Crippen LogP contribution in [-0.2, 0) is 11.3 Å². The second-order valence-electron chi connectivity index (χ2n) is 4.20. The van der Waals surface area contributed by atoms with E-state index in [0.29, 0.717) is 16.6 Å². The Morgan fingerprint density at radius 1 is 1.56 bits per heavy atom. The quantitative estimate of drug-likeness (QED) is 0.932. The molecule has 1 aliphatic rings. The summed E-state index contributed by atoms with van der Waals surface area (Å²) in [5.74, 6) is 1.77. The van der Waals surface area contributed by atoms with E-state index in [-0.39, 0.29) is 11.9 Å². The number of likely N-dealkylation sites (N-methyl/N-ethyl adjacent to an activating group) is 1. The Kier molecular flexibility index (Phi) is 4.78. The zero-order valence-electron chi connectivity index (χ0n) is 9.95. The maximum Gasteiger partial charge on any atom is 0.240 e. The van der Waals surface area contributed by atoms with Crippen molar-refractivity contribution in [2.45, 2.75) is 12.6 Å². The molecule has 1 aromatic carbocycles.